The van der Waals surface area contributed by atoms with Gasteiger partial charge in [-0.2, -0.15) is 0 Å². The zero-order chi connectivity index (χ0) is 14.6. The Balaban J connectivity index is 2.24. The van der Waals surface area contributed by atoms with Crippen LogP contribution in [0.4, 0.5) is 0 Å². The first-order chi connectivity index (χ1) is 9.72. The molecule has 0 unspecified atom stereocenters. The molecule has 0 spiro atoms. The van der Waals surface area contributed by atoms with Crippen LogP contribution in [0.3, 0.4) is 0 Å². The second-order valence-electron chi connectivity index (χ2n) is 5.18. The molecular weight excluding hydrogens is 250 g/mol. The maximum atomic E-state index is 10.2. The Morgan fingerprint density at radius 3 is 2.35 bits per heavy atom. The summed E-state index contributed by atoms with van der Waals surface area (Å²) in [5.41, 5.74) is 2.38. The van der Waals surface area contributed by atoms with E-state index in [0.717, 1.165) is 12.0 Å². The molecule has 0 saturated carbocycles. The number of aryl methyl sites for hydroxylation is 1. The van der Waals surface area contributed by atoms with Crippen LogP contribution in [-0.2, 0) is 6.42 Å². The van der Waals surface area contributed by atoms with Crippen LogP contribution in [0.15, 0.2) is 30.3 Å². The van der Waals surface area contributed by atoms with E-state index in [0.29, 0.717) is 0 Å². The van der Waals surface area contributed by atoms with E-state index in [1.165, 1.54) is 44.1 Å². The fraction of sp³-hybridized carbons (Fsp3) is 0.529. The van der Waals surface area contributed by atoms with Crippen molar-refractivity contribution in [3.05, 3.63) is 51.6 Å². The molecule has 0 aliphatic rings. The third kappa shape index (κ3) is 7.72. The number of benzene rings is 1. The SMILES string of the molecule is CCCCCCCCc1ccc(/C=C/C[N+](=O)[O-])cc1. The standard InChI is InChI=1S/C17H25NO2/c1-2-3-4-5-6-7-9-16-11-13-17(14-12-16)10-8-15-18(19)20/h8,10-14H,2-7,9,15H2,1H3/b10-8+. The van der Waals surface area contributed by atoms with Crippen LogP contribution >= 0.6 is 0 Å². The summed E-state index contributed by atoms with van der Waals surface area (Å²) in [4.78, 5) is 9.88. The van der Waals surface area contributed by atoms with E-state index in [-0.39, 0.29) is 11.5 Å². The lowest BCUT2D eigenvalue weighted by Gasteiger charge is -2.02. The third-order valence-electron chi connectivity index (χ3n) is 3.36. The molecular formula is C17H25NO2. The van der Waals surface area contributed by atoms with Crippen molar-refractivity contribution in [1.29, 1.82) is 0 Å². The monoisotopic (exact) mass is 275 g/mol. The van der Waals surface area contributed by atoms with Crippen molar-refractivity contribution in [3.63, 3.8) is 0 Å². The predicted octanol–water partition coefficient (Wildman–Crippen LogP) is 4.88. The Kier molecular flexibility index (Phi) is 8.36. The Labute approximate surface area is 121 Å². The third-order valence-corrected chi connectivity index (χ3v) is 3.36. The van der Waals surface area contributed by atoms with Crippen molar-refractivity contribution in [2.75, 3.05) is 6.54 Å². The highest BCUT2D eigenvalue weighted by Gasteiger charge is 1.95. The van der Waals surface area contributed by atoms with Crippen LogP contribution in [0.2, 0.25) is 0 Å². The Morgan fingerprint density at radius 2 is 1.70 bits per heavy atom. The summed E-state index contributed by atoms with van der Waals surface area (Å²) in [5, 5.41) is 10.2. The van der Waals surface area contributed by atoms with Crippen molar-refractivity contribution >= 4 is 6.08 Å². The van der Waals surface area contributed by atoms with Crippen molar-refractivity contribution in [2.24, 2.45) is 0 Å². The molecule has 1 aromatic carbocycles. The second-order valence-corrected chi connectivity index (χ2v) is 5.18. The summed E-state index contributed by atoms with van der Waals surface area (Å²) in [6.45, 7) is 2.13. The van der Waals surface area contributed by atoms with Gasteiger partial charge < -0.3 is 0 Å². The summed E-state index contributed by atoms with van der Waals surface area (Å²) in [6, 6.07) is 8.31. The van der Waals surface area contributed by atoms with Gasteiger partial charge in [0.05, 0.1) is 0 Å². The van der Waals surface area contributed by atoms with Crippen LogP contribution < -0.4 is 0 Å². The first-order valence-electron chi connectivity index (χ1n) is 7.59. The zero-order valence-electron chi connectivity index (χ0n) is 12.4. The fourth-order valence-corrected chi connectivity index (χ4v) is 2.18. The molecule has 0 aliphatic heterocycles. The average molecular weight is 275 g/mol. The number of nitro groups is 1. The molecule has 0 atom stereocenters. The van der Waals surface area contributed by atoms with Crippen LogP contribution in [0, 0.1) is 10.1 Å². The average Bonchev–Trinajstić information content (AvgIpc) is 2.44. The van der Waals surface area contributed by atoms with E-state index in [2.05, 4.69) is 19.1 Å². The number of unbranched alkanes of at least 4 members (excludes halogenated alkanes) is 5. The van der Waals surface area contributed by atoms with Crippen LogP contribution in [0.5, 0.6) is 0 Å². The van der Waals surface area contributed by atoms with E-state index < -0.39 is 0 Å². The van der Waals surface area contributed by atoms with Gasteiger partial charge in [0.1, 0.15) is 0 Å². The van der Waals surface area contributed by atoms with E-state index in [4.69, 9.17) is 0 Å². The first kappa shape index (κ1) is 16.4. The first-order valence-corrected chi connectivity index (χ1v) is 7.59. The van der Waals surface area contributed by atoms with Gasteiger partial charge in [-0.25, -0.2) is 0 Å². The highest BCUT2D eigenvalue weighted by molar-refractivity contribution is 5.49. The molecule has 1 rings (SSSR count). The minimum absolute atomic E-state index is 0.112. The minimum Gasteiger partial charge on any atom is -0.264 e. The molecule has 0 aromatic heterocycles. The predicted molar refractivity (Wildman–Crippen MR) is 84.4 cm³/mol. The molecule has 0 radical (unpaired) electrons. The molecule has 0 N–H and O–H groups in total. The molecule has 1 aromatic rings. The Hall–Kier alpha value is -1.64. The van der Waals surface area contributed by atoms with E-state index >= 15 is 0 Å². The summed E-state index contributed by atoms with van der Waals surface area (Å²) < 4.78 is 0. The van der Waals surface area contributed by atoms with Gasteiger partial charge in [-0.1, -0.05) is 69.4 Å². The van der Waals surface area contributed by atoms with Crippen LogP contribution in [0.1, 0.15) is 56.6 Å². The zero-order valence-corrected chi connectivity index (χ0v) is 12.4. The van der Waals surface area contributed by atoms with Crippen molar-refractivity contribution < 1.29 is 4.92 Å². The summed E-state index contributed by atoms with van der Waals surface area (Å²) >= 11 is 0. The van der Waals surface area contributed by atoms with Crippen molar-refractivity contribution in [2.45, 2.75) is 51.9 Å². The number of hydrogen-bond donors (Lipinski definition) is 0. The Morgan fingerprint density at radius 1 is 1.05 bits per heavy atom. The molecule has 110 valence electrons. The molecule has 3 nitrogen and oxygen atoms in total. The summed E-state index contributed by atoms with van der Waals surface area (Å²) in [6.07, 6.45) is 12.4. The molecule has 0 amide bonds. The number of hydrogen-bond acceptors (Lipinski definition) is 2. The van der Waals surface area contributed by atoms with E-state index in [1.54, 1.807) is 12.2 Å². The highest BCUT2D eigenvalue weighted by Crippen LogP contribution is 2.11. The molecule has 0 saturated heterocycles. The molecule has 0 fully saturated rings. The highest BCUT2D eigenvalue weighted by atomic mass is 16.6. The largest absolute Gasteiger partial charge is 0.264 e. The van der Waals surface area contributed by atoms with Gasteiger partial charge >= 0.3 is 0 Å². The quantitative estimate of drug-likeness (QED) is 0.347. The molecule has 0 heterocycles. The summed E-state index contributed by atoms with van der Waals surface area (Å²) in [7, 11) is 0. The maximum Gasteiger partial charge on any atom is 0.222 e. The lowest BCUT2D eigenvalue weighted by molar-refractivity contribution is -0.468. The lowest BCUT2D eigenvalue weighted by atomic mass is 10.0. The topological polar surface area (TPSA) is 43.1 Å². The molecule has 3 heteroatoms. The molecule has 0 aliphatic carbocycles. The van der Waals surface area contributed by atoms with Gasteiger partial charge in [0, 0.05) is 4.92 Å². The van der Waals surface area contributed by atoms with Gasteiger partial charge in [-0.15, -0.1) is 0 Å². The van der Waals surface area contributed by atoms with Crippen LogP contribution in [-0.4, -0.2) is 11.5 Å². The Bertz CT molecular complexity index is 410. The fourth-order valence-electron chi connectivity index (χ4n) is 2.18. The van der Waals surface area contributed by atoms with Crippen LogP contribution in [0.25, 0.3) is 6.08 Å². The summed E-state index contributed by atoms with van der Waals surface area (Å²) in [5.74, 6) is 0. The molecule has 0 bridgehead atoms. The van der Waals surface area contributed by atoms with Gasteiger partial charge in [0.2, 0.25) is 6.54 Å². The second kappa shape index (κ2) is 10.2. The van der Waals surface area contributed by atoms with E-state index in [9.17, 15) is 10.1 Å². The van der Waals surface area contributed by atoms with Crippen molar-refractivity contribution in [3.8, 4) is 0 Å². The normalized spacial score (nSPS) is 11.1. The minimum atomic E-state index is -0.330. The van der Waals surface area contributed by atoms with Gasteiger partial charge in [0.25, 0.3) is 0 Å². The van der Waals surface area contributed by atoms with Gasteiger partial charge in [-0.3, -0.25) is 10.1 Å². The van der Waals surface area contributed by atoms with Gasteiger partial charge in [0.15, 0.2) is 0 Å². The van der Waals surface area contributed by atoms with Gasteiger partial charge in [-0.05, 0) is 30.0 Å². The number of rotatable bonds is 10. The lowest BCUT2D eigenvalue weighted by Crippen LogP contribution is -1.95. The maximum absolute atomic E-state index is 10.2. The molecule has 20 heavy (non-hydrogen) atoms. The van der Waals surface area contributed by atoms with E-state index in [1.807, 2.05) is 12.1 Å². The smallest absolute Gasteiger partial charge is 0.222 e. The van der Waals surface area contributed by atoms with Crippen molar-refractivity contribution in [1.82, 2.24) is 0 Å². The number of nitrogens with zero attached hydrogens (tertiary/aromatic N) is 1.